The van der Waals surface area contributed by atoms with E-state index >= 15 is 0 Å². The molecule has 4 nitrogen and oxygen atoms in total. The first-order valence-electron chi connectivity index (χ1n) is 11.7. The molecule has 0 saturated heterocycles. The lowest BCUT2D eigenvalue weighted by Gasteiger charge is -2.22. The van der Waals surface area contributed by atoms with E-state index in [1.165, 1.54) is 24.3 Å². The van der Waals surface area contributed by atoms with E-state index in [0.717, 1.165) is 6.07 Å². The van der Waals surface area contributed by atoms with E-state index in [1.54, 1.807) is 48.8 Å². The zero-order valence-corrected chi connectivity index (χ0v) is 21.3. The van der Waals surface area contributed by atoms with Crippen molar-refractivity contribution < 1.29 is 18.0 Å². The highest BCUT2D eigenvalue weighted by Gasteiger charge is 2.23. The van der Waals surface area contributed by atoms with Gasteiger partial charge in [0, 0.05) is 50.5 Å². The highest BCUT2D eigenvalue weighted by Crippen LogP contribution is 2.35. The van der Waals surface area contributed by atoms with Crippen molar-refractivity contribution in [3.05, 3.63) is 123 Å². The van der Waals surface area contributed by atoms with Gasteiger partial charge in [0.25, 0.3) is 0 Å². The fourth-order valence-electron chi connectivity index (χ4n) is 4.53. The number of H-pyrrole nitrogens is 1. The number of rotatable bonds is 7. The van der Waals surface area contributed by atoms with Crippen LogP contribution in [0.25, 0.3) is 22.0 Å². The normalized spacial score (nSPS) is 12.0. The summed E-state index contributed by atoms with van der Waals surface area (Å²) in [5, 5.41) is 4.39. The van der Waals surface area contributed by atoms with Crippen LogP contribution in [0.4, 0.5) is 13.2 Å². The average molecular weight is 554 g/mol. The second kappa shape index (κ2) is 10.9. The number of benzene rings is 3. The van der Waals surface area contributed by atoms with Gasteiger partial charge in [-0.2, -0.15) is 0 Å². The fourth-order valence-corrected chi connectivity index (χ4v) is 5.04. The monoisotopic (exact) mass is 553 g/mol. The summed E-state index contributed by atoms with van der Waals surface area (Å²) >= 11 is 12.6. The van der Waals surface area contributed by atoms with Crippen molar-refractivity contribution >= 4 is 40.0 Å². The second-order valence-corrected chi connectivity index (χ2v) is 9.69. The van der Waals surface area contributed by atoms with Gasteiger partial charge in [0.15, 0.2) is 0 Å². The van der Waals surface area contributed by atoms with Crippen LogP contribution in [0, 0.1) is 17.5 Å². The Morgan fingerprint density at radius 2 is 1.71 bits per heavy atom. The van der Waals surface area contributed by atoms with Gasteiger partial charge in [0.05, 0.1) is 18.2 Å². The van der Waals surface area contributed by atoms with E-state index in [2.05, 4.69) is 15.3 Å². The summed E-state index contributed by atoms with van der Waals surface area (Å²) < 4.78 is 41.8. The first-order chi connectivity index (χ1) is 18.3. The highest BCUT2D eigenvalue weighted by atomic mass is 35.5. The maximum atomic E-state index is 14.0. The maximum Gasteiger partial charge on any atom is 0.225 e. The van der Waals surface area contributed by atoms with Crippen molar-refractivity contribution in [2.45, 2.75) is 18.9 Å². The van der Waals surface area contributed by atoms with E-state index in [4.69, 9.17) is 23.2 Å². The van der Waals surface area contributed by atoms with Crippen LogP contribution in [0.5, 0.6) is 0 Å². The number of fused-ring (bicyclic) bond motifs is 1. The fraction of sp³-hybridized carbons (Fsp3) is 0.103. The Bertz CT molecular complexity index is 1630. The molecule has 0 aliphatic heterocycles. The molecule has 5 rings (SSSR count). The molecule has 3 aromatic carbocycles. The average Bonchev–Trinajstić information content (AvgIpc) is 3.24. The molecule has 0 spiro atoms. The molecule has 1 unspecified atom stereocenters. The molecular formula is C29H20Cl2F3N3O. The van der Waals surface area contributed by atoms with Gasteiger partial charge in [0.1, 0.15) is 17.5 Å². The summed E-state index contributed by atoms with van der Waals surface area (Å²) in [5.74, 6) is -2.25. The van der Waals surface area contributed by atoms with Crippen molar-refractivity contribution in [1.29, 1.82) is 0 Å². The number of nitrogens with one attached hydrogen (secondary N) is 2. The molecule has 5 aromatic rings. The molecule has 38 heavy (non-hydrogen) atoms. The lowest BCUT2D eigenvalue weighted by atomic mass is 9.95. The number of halogens is 5. The predicted molar refractivity (Wildman–Crippen MR) is 143 cm³/mol. The van der Waals surface area contributed by atoms with Crippen molar-refractivity contribution in [2.75, 3.05) is 0 Å². The Balaban J connectivity index is 1.52. The van der Waals surface area contributed by atoms with Gasteiger partial charge in [-0.05, 0) is 66.1 Å². The Kier molecular flexibility index (Phi) is 7.40. The summed E-state index contributed by atoms with van der Waals surface area (Å²) in [6.07, 6.45) is 3.22. The standard InChI is InChI=1S/C29H20Cl2F3N3O/c30-18-3-5-22(25(31)12-18)23-2-1-7-35-29(23)27(10-16-8-20(33)13-21(34)9-16)37-28(38)11-17-15-36-26-6-4-19(32)14-24(17)26/h1-9,12-15,27,36H,10-11H2,(H,37,38). The molecule has 2 N–H and O–H groups in total. The van der Waals surface area contributed by atoms with Gasteiger partial charge in [-0.25, -0.2) is 13.2 Å². The van der Waals surface area contributed by atoms with Crippen molar-refractivity contribution in [3.8, 4) is 11.1 Å². The first kappa shape index (κ1) is 25.8. The van der Waals surface area contributed by atoms with Gasteiger partial charge >= 0.3 is 0 Å². The molecular weight excluding hydrogens is 534 g/mol. The molecule has 0 aliphatic carbocycles. The van der Waals surface area contributed by atoms with E-state index in [1.807, 2.05) is 0 Å². The molecule has 0 saturated carbocycles. The minimum absolute atomic E-state index is 0.0537. The van der Waals surface area contributed by atoms with Crippen LogP contribution in [-0.2, 0) is 17.6 Å². The molecule has 2 aromatic heterocycles. The molecule has 0 aliphatic rings. The first-order valence-corrected chi connectivity index (χ1v) is 12.4. The smallest absolute Gasteiger partial charge is 0.225 e. The molecule has 0 fully saturated rings. The van der Waals surface area contributed by atoms with Crippen LogP contribution >= 0.6 is 23.2 Å². The molecule has 9 heteroatoms. The van der Waals surface area contributed by atoms with Crippen LogP contribution in [0.2, 0.25) is 10.0 Å². The number of amides is 1. The summed E-state index contributed by atoms with van der Waals surface area (Å²) in [7, 11) is 0. The van der Waals surface area contributed by atoms with E-state index in [0.29, 0.717) is 48.9 Å². The zero-order valence-electron chi connectivity index (χ0n) is 19.7. The molecule has 0 bridgehead atoms. The van der Waals surface area contributed by atoms with Gasteiger partial charge in [-0.1, -0.05) is 35.3 Å². The number of pyridine rings is 1. The molecule has 1 amide bonds. The van der Waals surface area contributed by atoms with E-state index in [9.17, 15) is 18.0 Å². The quantitative estimate of drug-likeness (QED) is 0.218. The largest absolute Gasteiger partial charge is 0.361 e. The number of hydrogen-bond acceptors (Lipinski definition) is 2. The highest BCUT2D eigenvalue weighted by molar-refractivity contribution is 6.36. The summed E-state index contributed by atoms with van der Waals surface area (Å²) in [6.45, 7) is 0. The van der Waals surface area contributed by atoms with E-state index in [-0.39, 0.29) is 18.7 Å². The summed E-state index contributed by atoms with van der Waals surface area (Å²) in [5.41, 5.74) is 3.36. The van der Waals surface area contributed by atoms with Crippen LogP contribution < -0.4 is 5.32 Å². The third-order valence-corrected chi connectivity index (χ3v) is 6.72. The van der Waals surface area contributed by atoms with Gasteiger partial charge in [-0.3, -0.25) is 9.78 Å². The topological polar surface area (TPSA) is 57.8 Å². The van der Waals surface area contributed by atoms with Crippen molar-refractivity contribution in [1.82, 2.24) is 15.3 Å². The Morgan fingerprint density at radius 1 is 0.921 bits per heavy atom. The lowest BCUT2D eigenvalue weighted by molar-refractivity contribution is -0.121. The number of nitrogens with zero attached hydrogens (tertiary/aromatic N) is 1. The molecule has 1 atom stereocenters. The van der Waals surface area contributed by atoms with Gasteiger partial charge in [0.2, 0.25) is 5.91 Å². The Morgan fingerprint density at radius 3 is 2.47 bits per heavy atom. The van der Waals surface area contributed by atoms with E-state index < -0.39 is 23.5 Å². The van der Waals surface area contributed by atoms with Gasteiger partial charge in [-0.15, -0.1) is 0 Å². The van der Waals surface area contributed by atoms with Crippen LogP contribution in [-0.4, -0.2) is 15.9 Å². The summed E-state index contributed by atoms with van der Waals surface area (Å²) in [4.78, 5) is 20.8. The number of carbonyl (C=O) groups excluding carboxylic acids is 1. The SMILES string of the molecule is O=C(Cc1c[nH]c2ccc(F)cc12)NC(Cc1cc(F)cc(F)c1)c1ncccc1-c1ccc(Cl)cc1Cl. The minimum atomic E-state index is -0.770. The Labute approximate surface area is 226 Å². The number of hydrogen-bond donors (Lipinski definition) is 2. The molecule has 2 heterocycles. The number of aromatic amines is 1. The summed E-state index contributed by atoms with van der Waals surface area (Å²) in [6, 6.07) is 15.3. The molecule has 0 radical (unpaired) electrons. The van der Waals surface area contributed by atoms with Crippen LogP contribution in [0.1, 0.15) is 22.9 Å². The molecule has 192 valence electrons. The van der Waals surface area contributed by atoms with Crippen molar-refractivity contribution in [3.63, 3.8) is 0 Å². The maximum absolute atomic E-state index is 14.0. The zero-order chi connectivity index (χ0) is 26.8. The van der Waals surface area contributed by atoms with Gasteiger partial charge < -0.3 is 10.3 Å². The third kappa shape index (κ3) is 5.69. The van der Waals surface area contributed by atoms with Crippen LogP contribution in [0.15, 0.2) is 79.1 Å². The third-order valence-electron chi connectivity index (χ3n) is 6.17. The number of carbonyl (C=O) groups is 1. The van der Waals surface area contributed by atoms with Crippen LogP contribution in [0.3, 0.4) is 0 Å². The van der Waals surface area contributed by atoms with Crippen molar-refractivity contribution in [2.24, 2.45) is 0 Å². The lowest BCUT2D eigenvalue weighted by Crippen LogP contribution is -2.32. The predicted octanol–water partition coefficient (Wildman–Crippen LogP) is 7.60. The Hall–Kier alpha value is -3.81. The minimum Gasteiger partial charge on any atom is -0.361 e. The second-order valence-electron chi connectivity index (χ2n) is 8.84. The number of aromatic nitrogens is 2.